The molecule has 0 amide bonds. The van der Waals surface area contributed by atoms with E-state index in [0.717, 1.165) is 5.56 Å². The van der Waals surface area contributed by atoms with Crippen molar-refractivity contribution in [2.75, 3.05) is 5.73 Å². The van der Waals surface area contributed by atoms with E-state index >= 15 is 0 Å². The van der Waals surface area contributed by atoms with E-state index in [1.165, 1.54) is 0 Å². The minimum absolute atomic E-state index is 0. The number of nitrogens with two attached hydrogens (primary N) is 2. The van der Waals surface area contributed by atoms with Crippen LogP contribution >= 0.6 is 12.4 Å². The number of halogens is 1. The molecule has 0 aliphatic heterocycles. The molecule has 0 aliphatic carbocycles. The highest BCUT2D eigenvalue weighted by Gasteiger charge is 1.91. The lowest BCUT2D eigenvalue weighted by Crippen LogP contribution is -2.01. The number of nitrogen functional groups attached to an aromatic ring is 1. The third-order valence-electron chi connectivity index (χ3n) is 1.16. The van der Waals surface area contributed by atoms with Gasteiger partial charge in [0.15, 0.2) is 0 Å². The van der Waals surface area contributed by atoms with E-state index < -0.39 is 0 Å². The van der Waals surface area contributed by atoms with E-state index in [4.69, 9.17) is 11.5 Å². The quantitative estimate of drug-likeness (QED) is 0.629. The molecule has 3 nitrogen and oxygen atoms in total. The highest BCUT2D eigenvalue weighted by molar-refractivity contribution is 5.85. The molecular formula is C6H10ClN3. The molecule has 0 spiro atoms. The molecule has 4 N–H and O–H groups in total. The van der Waals surface area contributed by atoms with Gasteiger partial charge in [0.1, 0.15) is 0 Å². The van der Waals surface area contributed by atoms with Gasteiger partial charge in [0.05, 0.1) is 0 Å². The molecule has 56 valence electrons. The number of hydrogen-bond acceptors (Lipinski definition) is 3. The molecule has 0 fully saturated rings. The molecular weight excluding hydrogens is 150 g/mol. The fourth-order valence-electron chi connectivity index (χ4n) is 0.608. The molecule has 1 aromatic rings. The molecule has 0 atom stereocenters. The Morgan fingerprint density at radius 1 is 1.50 bits per heavy atom. The van der Waals surface area contributed by atoms with Crippen molar-refractivity contribution in [1.82, 2.24) is 4.98 Å². The lowest BCUT2D eigenvalue weighted by molar-refractivity contribution is 1.05. The maximum atomic E-state index is 5.51. The van der Waals surface area contributed by atoms with Crippen molar-refractivity contribution >= 4 is 18.1 Å². The molecule has 1 aromatic heterocycles. The minimum Gasteiger partial charge on any atom is -0.398 e. The molecule has 0 saturated carbocycles. The fourth-order valence-corrected chi connectivity index (χ4v) is 0.608. The van der Waals surface area contributed by atoms with Crippen LogP contribution < -0.4 is 11.5 Å². The minimum atomic E-state index is 0. The highest BCUT2D eigenvalue weighted by Crippen LogP contribution is 2.05. The van der Waals surface area contributed by atoms with Crippen molar-refractivity contribution in [2.45, 2.75) is 6.54 Å². The number of pyridine rings is 1. The molecule has 0 bridgehead atoms. The Kier molecular flexibility index (Phi) is 3.76. The number of hydrogen-bond donors (Lipinski definition) is 2. The van der Waals surface area contributed by atoms with Crippen LogP contribution in [0.2, 0.25) is 0 Å². The molecule has 4 heteroatoms. The van der Waals surface area contributed by atoms with E-state index in [1.54, 1.807) is 18.5 Å². The fraction of sp³-hybridized carbons (Fsp3) is 0.167. The summed E-state index contributed by atoms with van der Waals surface area (Å²) in [6, 6.07) is 1.74. The lowest BCUT2D eigenvalue weighted by Gasteiger charge is -1.97. The van der Waals surface area contributed by atoms with Crippen LogP contribution in [0.25, 0.3) is 0 Å². The van der Waals surface area contributed by atoms with Gasteiger partial charge in [-0.3, -0.25) is 4.98 Å². The first-order valence-electron chi connectivity index (χ1n) is 2.73. The maximum absolute atomic E-state index is 5.51. The average molecular weight is 160 g/mol. The Hall–Kier alpha value is -0.800. The van der Waals surface area contributed by atoms with Crippen LogP contribution in [0.5, 0.6) is 0 Å². The molecule has 0 radical (unpaired) electrons. The van der Waals surface area contributed by atoms with Crippen molar-refractivity contribution in [1.29, 1.82) is 0 Å². The van der Waals surface area contributed by atoms with E-state index in [1.807, 2.05) is 0 Å². The largest absolute Gasteiger partial charge is 0.398 e. The van der Waals surface area contributed by atoms with E-state index in [0.29, 0.717) is 12.2 Å². The summed E-state index contributed by atoms with van der Waals surface area (Å²) in [5.74, 6) is 0. The predicted molar refractivity (Wildman–Crippen MR) is 43.8 cm³/mol. The van der Waals surface area contributed by atoms with Crippen LogP contribution in [0.1, 0.15) is 5.56 Å². The van der Waals surface area contributed by atoms with Gasteiger partial charge in [-0.2, -0.15) is 0 Å². The molecule has 0 saturated heterocycles. The summed E-state index contributed by atoms with van der Waals surface area (Å²) in [6.45, 7) is 0.458. The van der Waals surface area contributed by atoms with Crippen molar-refractivity contribution in [2.24, 2.45) is 5.73 Å². The van der Waals surface area contributed by atoms with Gasteiger partial charge in [0.25, 0.3) is 0 Å². The van der Waals surface area contributed by atoms with Gasteiger partial charge in [0, 0.05) is 30.2 Å². The third kappa shape index (κ3) is 1.86. The topological polar surface area (TPSA) is 64.9 Å². The third-order valence-corrected chi connectivity index (χ3v) is 1.16. The van der Waals surface area contributed by atoms with Crippen molar-refractivity contribution in [3.63, 3.8) is 0 Å². The number of aromatic nitrogens is 1. The smallest absolute Gasteiger partial charge is 0.0390 e. The molecule has 10 heavy (non-hydrogen) atoms. The zero-order valence-electron chi connectivity index (χ0n) is 5.45. The van der Waals surface area contributed by atoms with Gasteiger partial charge in [-0.05, 0) is 6.07 Å². The second kappa shape index (κ2) is 4.09. The standard InChI is InChI=1S/C6H9N3.ClH/c7-3-5-4-9-2-1-6(5)8;/h1-2,4H,3,7H2,(H2,8,9);1H. The summed E-state index contributed by atoms with van der Waals surface area (Å²) < 4.78 is 0. The van der Waals surface area contributed by atoms with Crippen molar-refractivity contribution < 1.29 is 0 Å². The summed E-state index contributed by atoms with van der Waals surface area (Å²) in [6.07, 6.45) is 3.32. The molecule has 0 aromatic carbocycles. The summed E-state index contributed by atoms with van der Waals surface area (Å²) in [4.78, 5) is 3.86. The normalized spacial score (nSPS) is 8.50. The monoisotopic (exact) mass is 159 g/mol. The Bertz CT molecular complexity index is 202. The first-order chi connectivity index (χ1) is 4.34. The van der Waals surface area contributed by atoms with Crippen LogP contribution in [0.15, 0.2) is 18.5 Å². The summed E-state index contributed by atoms with van der Waals surface area (Å²) in [5.41, 5.74) is 12.5. The number of rotatable bonds is 1. The summed E-state index contributed by atoms with van der Waals surface area (Å²) in [5, 5.41) is 0. The zero-order chi connectivity index (χ0) is 6.69. The van der Waals surface area contributed by atoms with Crippen molar-refractivity contribution in [3.05, 3.63) is 24.0 Å². The molecule has 0 aliphatic rings. The summed E-state index contributed by atoms with van der Waals surface area (Å²) in [7, 11) is 0. The molecule has 1 rings (SSSR count). The Morgan fingerprint density at radius 3 is 2.60 bits per heavy atom. The van der Waals surface area contributed by atoms with Crippen LogP contribution in [0, 0.1) is 0 Å². The van der Waals surface area contributed by atoms with E-state index in [-0.39, 0.29) is 12.4 Å². The van der Waals surface area contributed by atoms with Gasteiger partial charge < -0.3 is 11.5 Å². The van der Waals surface area contributed by atoms with Crippen molar-refractivity contribution in [3.8, 4) is 0 Å². The van der Waals surface area contributed by atoms with Crippen LogP contribution in [-0.4, -0.2) is 4.98 Å². The number of nitrogens with zero attached hydrogens (tertiary/aromatic N) is 1. The zero-order valence-corrected chi connectivity index (χ0v) is 6.27. The maximum Gasteiger partial charge on any atom is 0.0390 e. The second-order valence-electron chi connectivity index (χ2n) is 1.78. The Balaban J connectivity index is 0.000000810. The highest BCUT2D eigenvalue weighted by atomic mass is 35.5. The van der Waals surface area contributed by atoms with E-state index in [9.17, 15) is 0 Å². The van der Waals surface area contributed by atoms with Gasteiger partial charge in [0.2, 0.25) is 0 Å². The second-order valence-corrected chi connectivity index (χ2v) is 1.78. The SMILES string of the molecule is Cl.NCc1cnccc1N. The van der Waals surface area contributed by atoms with Gasteiger partial charge in [-0.25, -0.2) is 0 Å². The van der Waals surface area contributed by atoms with Gasteiger partial charge in [-0.15, -0.1) is 12.4 Å². The van der Waals surface area contributed by atoms with Crippen LogP contribution in [0.3, 0.4) is 0 Å². The first-order valence-corrected chi connectivity index (χ1v) is 2.73. The number of anilines is 1. The first kappa shape index (κ1) is 9.20. The Morgan fingerprint density at radius 2 is 2.20 bits per heavy atom. The predicted octanol–water partition coefficient (Wildman–Crippen LogP) is 0.544. The molecule has 1 heterocycles. The lowest BCUT2D eigenvalue weighted by atomic mass is 10.2. The van der Waals surface area contributed by atoms with Gasteiger partial charge >= 0.3 is 0 Å². The van der Waals surface area contributed by atoms with Crippen LogP contribution in [-0.2, 0) is 6.54 Å². The average Bonchev–Trinajstić information content (AvgIpc) is 1.89. The van der Waals surface area contributed by atoms with Gasteiger partial charge in [-0.1, -0.05) is 0 Å². The van der Waals surface area contributed by atoms with Crippen LogP contribution in [0.4, 0.5) is 5.69 Å². The Labute approximate surface area is 65.8 Å². The van der Waals surface area contributed by atoms with E-state index in [2.05, 4.69) is 4.98 Å². The molecule has 0 unspecified atom stereocenters. The summed E-state index contributed by atoms with van der Waals surface area (Å²) >= 11 is 0.